The van der Waals surface area contributed by atoms with E-state index in [0.29, 0.717) is 11.3 Å². The Kier molecular flexibility index (Phi) is 4.27. The fourth-order valence-electron chi connectivity index (χ4n) is 3.11. The number of hydrogen-bond donors (Lipinski definition) is 1. The number of nitrogens with one attached hydrogen (secondary N) is 1. The number of carbonyl (C=O) groups excluding carboxylic acids is 3. The van der Waals surface area contributed by atoms with Gasteiger partial charge in [0.1, 0.15) is 16.3 Å². The summed E-state index contributed by atoms with van der Waals surface area (Å²) in [4.78, 5) is 41.2. The monoisotopic (exact) mass is 394 g/mol. The number of benzene rings is 1. The summed E-state index contributed by atoms with van der Waals surface area (Å²) in [6.07, 6.45) is 2.77. The Labute approximate surface area is 160 Å². The third-order valence-electron chi connectivity index (χ3n) is 4.48. The van der Waals surface area contributed by atoms with Crippen molar-refractivity contribution in [3.8, 4) is 0 Å². The van der Waals surface area contributed by atoms with Gasteiger partial charge < -0.3 is 5.32 Å². The van der Waals surface area contributed by atoms with Crippen molar-refractivity contribution in [2.45, 2.75) is 0 Å². The van der Waals surface area contributed by atoms with Gasteiger partial charge in [0.15, 0.2) is 15.6 Å². The van der Waals surface area contributed by atoms with Crippen LogP contribution in [0.5, 0.6) is 0 Å². The van der Waals surface area contributed by atoms with E-state index in [1.54, 1.807) is 30.3 Å². The molecule has 140 valence electrons. The van der Waals surface area contributed by atoms with E-state index in [-0.39, 0.29) is 35.0 Å². The van der Waals surface area contributed by atoms with Crippen molar-refractivity contribution in [1.82, 2.24) is 10.3 Å². The zero-order valence-corrected chi connectivity index (χ0v) is 15.3. The SMILES string of the molecule is O=C(/C=C/c1ccc2c(n1)C(=O)C1=C(C2=O)S(=O)(=O)CCN1)c1ccccc1. The summed E-state index contributed by atoms with van der Waals surface area (Å²) >= 11 is 0. The quantitative estimate of drug-likeness (QED) is 0.622. The van der Waals surface area contributed by atoms with Crippen LogP contribution in [0.2, 0.25) is 0 Å². The van der Waals surface area contributed by atoms with Crippen molar-refractivity contribution in [2.75, 3.05) is 12.3 Å². The van der Waals surface area contributed by atoms with E-state index in [1.807, 2.05) is 0 Å². The van der Waals surface area contributed by atoms with Crippen molar-refractivity contribution in [3.63, 3.8) is 0 Å². The van der Waals surface area contributed by atoms with E-state index in [2.05, 4.69) is 10.3 Å². The lowest BCUT2D eigenvalue weighted by molar-refractivity contribution is 0.0969. The second kappa shape index (κ2) is 6.65. The number of Topliss-reactive ketones (excluding diaryl/α,β-unsaturated/α-hetero) is 2. The Balaban J connectivity index is 1.70. The summed E-state index contributed by atoms with van der Waals surface area (Å²) in [5.41, 5.74) is 0.421. The van der Waals surface area contributed by atoms with Gasteiger partial charge in [-0.2, -0.15) is 0 Å². The molecule has 2 aliphatic rings. The number of ketones is 3. The van der Waals surface area contributed by atoms with Gasteiger partial charge in [0, 0.05) is 12.1 Å². The summed E-state index contributed by atoms with van der Waals surface area (Å²) in [5.74, 6) is -1.85. The van der Waals surface area contributed by atoms with Crippen LogP contribution >= 0.6 is 0 Å². The molecule has 0 spiro atoms. The Bertz CT molecular complexity index is 1190. The third kappa shape index (κ3) is 2.97. The smallest absolute Gasteiger partial charge is 0.229 e. The van der Waals surface area contributed by atoms with Crippen LogP contribution < -0.4 is 5.32 Å². The molecule has 0 radical (unpaired) electrons. The van der Waals surface area contributed by atoms with Crippen molar-refractivity contribution in [3.05, 3.63) is 81.7 Å². The van der Waals surface area contributed by atoms with Crippen molar-refractivity contribution in [1.29, 1.82) is 0 Å². The Hall–Kier alpha value is -3.39. The van der Waals surface area contributed by atoms with Crippen LogP contribution in [0.1, 0.15) is 36.9 Å². The molecule has 0 bridgehead atoms. The number of allylic oxidation sites excluding steroid dienone is 3. The molecule has 0 saturated carbocycles. The van der Waals surface area contributed by atoms with Crippen LogP contribution in [0.25, 0.3) is 6.08 Å². The molecule has 0 amide bonds. The number of hydrogen-bond acceptors (Lipinski definition) is 7. The molecule has 1 aliphatic carbocycles. The summed E-state index contributed by atoms with van der Waals surface area (Å²) in [5, 5.41) is 2.71. The fourth-order valence-corrected chi connectivity index (χ4v) is 4.55. The molecule has 1 aromatic carbocycles. The zero-order valence-electron chi connectivity index (χ0n) is 14.5. The summed E-state index contributed by atoms with van der Waals surface area (Å²) < 4.78 is 24.4. The average molecular weight is 394 g/mol. The van der Waals surface area contributed by atoms with Crippen LogP contribution in [0.15, 0.2) is 59.1 Å². The minimum absolute atomic E-state index is 0.0532. The van der Waals surface area contributed by atoms with E-state index < -0.39 is 26.3 Å². The molecule has 2 heterocycles. The van der Waals surface area contributed by atoms with Crippen LogP contribution in [0.4, 0.5) is 0 Å². The Morgan fingerprint density at radius 2 is 1.79 bits per heavy atom. The standard InChI is InChI=1S/C20H14N2O5S/c23-15(12-4-2-1-3-5-12)9-7-13-6-8-14-16(22-13)19(25)17-20(18(14)24)28(26,27)11-10-21-17/h1-9,21H,10-11H2/b9-7+. The predicted octanol–water partition coefficient (Wildman–Crippen LogP) is 1.59. The molecule has 7 nitrogen and oxygen atoms in total. The highest BCUT2D eigenvalue weighted by Crippen LogP contribution is 2.30. The number of fused-ring (bicyclic) bond motifs is 1. The van der Waals surface area contributed by atoms with Gasteiger partial charge in [0.25, 0.3) is 0 Å². The molecule has 2 aromatic rings. The lowest BCUT2D eigenvalue weighted by Crippen LogP contribution is -2.41. The summed E-state index contributed by atoms with van der Waals surface area (Å²) in [7, 11) is -3.81. The number of rotatable bonds is 3. The van der Waals surface area contributed by atoms with Gasteiger partial charge in [0.05, 0.1) is 17.0 Å². The first-order chi connectivity index (χ1) is 13.4. The molecule has 28 heavy (non-hydrogen) atoms. The molecule has 0 atom stereocenters. The maximum atomic E-state index is 12.7. The molecule has 1 aliphatic heterocycles. The Morgan fingerprint density at radius 3 is 2.54 bits per heavy atom. The second-order valence-electron chi connectivity index (χ2n) is 6.30. The van der Waals surface area contributed by atoms with Crippen LogP contribution in [0.3, 0.4) is 0 Å². The maximum Gasteiger partial charge on any atom is 0.229 e. The first-order valence-electron chi connectivity index (χ1n) is 8.47. The van der Waals surface area contributed by atoms with Crippen molar-refractivity contribution in [2.24, 2.45) is 0 Å². The number of carbonyl (C=O) groups is 3. The largest absolute Gasteiger partial charge is 0.380 e. The first-order valence-corrected chi connectivity index (χ1v) is 10.1. The van der Waals surface area contributed by atoms with Crippen LogP contribution in [-0.4, -0.2) is 43.0 Å². The third-order valence-corrected chi connectivity index (χ3v) is 6.24. The number of pyridine rings is 1. The minimum atomic E-state index is -3.81. The normalized spacial score (nSPS) is 17.9. The molecule has 0 unspecified atom stereocenters. The van der Waals surface area contributed by atoms with E-state index in [4.69, 9.17) is 0 Å². The highest BCUT2D eigenvalue weighted by molar-refractivity contribution is 7.96. The number of sulfone groups is 1. The van der Waals surface area contributed by atoms with Crippen LogP contribution in [0, 0.1) is 0 Å². The number of nitrogens with zero attached hydrogens (tertiary/aromatic N) is 1. The highest BCUT2D eigenvalue weighted by Gasteiger charge is 2.42. The molecular formula is C20H14N2O5S. The minimum Gasteiger partial charge on any atom is -0.380 e. The van der Waals surface area contributed by atoms with E-state index in [9.17, 15) is 22.8 Å². The topological polar surface area (TPSA) is 110 Å². The van der Waals surface area contributed by atoms with E-state index >= 15 is 0 Å². The highest BCUT2D eigenvalue weighted by atomic mass is 32.2. The summed E-state index contributed by atoms with van der Waals surface area (Å²) in [6.45, 7) is 0.0562. The van der Waals surface area contributed by atoms with Gasteiger partial charge in [-0.25, -0.2) is 13.4 Å². The number of aromatic nitrogens is 1. The van der Waals surface area contributed by atoms with Gasteiger partial charge >= 0.3 is 0 Å². The van der Waals surface area contributed by atoms with Crippen LogP contribution in [-0.2, 0) is 9.84 Å². The molecule has 1 N–H and O–H groups in total. The molecule has 0 fully saturated rings. The molecular weight excluding hydrogens is 380 g/mol. The second-order valence-corrected chi connectivity index (χ2v) is 8.35. The zero-order chi connectivity index (χ0) is 19.9. The first kappa shape index (κ1) is 18.0. The lowest BCUT2D eigenvalue weighted by atomic mass is 9.96. The predicted molar refractivity (Wildman–Crippen MR) is 102 cm³/mol. The molecule has 4 rings (SSSR count). The van der Waals surface area contributed by atoms with Gasteiger partial charge in [-0.3, -0.25) is 14.4 Å². The van der Waals surface area contributed by atoms with Crippen molar-refractivity contribution >= 4 is 33.3 Å². The van der Waals surface area contributed by atoms with Gasteiger partial charge in [-0.1, -0.05) is 30.3 Å². The Morgan fingerprint density at radius 1 is 1.04 bits per heavy atom. The fraction of sp³-hybridized carbons (Fsp3) is 0.100. The van der Waals surface area contributed by atoms with Gasteiger partial charge in [0.2, 0.25) is 11.6 Å². The van der Waals surface area contributed by atoms with Gasteiger partial charge in [-0.05, 0) is 24.3 Å². The maximum absolute atomic E-state index is 12.7. The molecule has 0 saturated heterocycles. The molecule has 8 heteroatoms. The lowest BCUT2D eigenvalue weighted by Gasteiger charge is -2.24. The van der Waals surface area contributed by atoms with E-state index in [0.717, 1.165) is 0 Å². The molecule has 1 aromatic heterocycles. The van der Waals surface area contributed by atoms with Gasteiger partial charge in [-0.15, -0.1) is 0 Å². The van der Waals surface area contributed by atoms with E-state index in [1.165, 1.54) is 24.3 Å². The average Bonchev–Trinajstić information content (AvgIpc) is 2.70. The van der Waals surface area contributed by atoms with Crippen molar-refractivity contribution < 1.29 is 22.8 Å². The summed E-state index contributed by atoms with van der Waals surface area (Å²) in [6, 6.07) is 11.5.